The van der Waals surface area contributed by atoms with Crippen LogP contribution in [0.3, 0.4) is 0 Å². The van der Waals surface area contributed by atoms with Gasteiger partial charge >= 0.3 is 0 Å². The highest BCUT2D eigenvalue weighted by atomic mass is 16.3. The highest BCUT2D eigenvalue weighted by Gasteiger charge is 2.42. The molecule has 2 nitrogen and oxygen atoms in total. The number of nitrogens with zero attached hydrogens (tertiary/aromatic N) is 1. The molecule has 1 N–H and O–H groups in total. The van der Waals surface area contributed by atoms with E-state index in [1.165, 1.54) is 71.0 Å². The van der Waals surface area contributed by atoms with Crippen molar-refractivity contribution in [3.8, 4) is 0 Å². The summed E-state index contributed by atoms with van der Waals surface area (Å²) in [5.74, 6) is 0.725. The van der Waals surface area contributed by atoms with E-state index in [1.54, 1.807) is 0 Å². The Hall–Kier alpha value is -0.0800. The van der Waals surface area contributed by atoms with Gasteiger partial charge in [0.25, 0.3) is 0 Å². The molecule has 0 amide bonds. The van der Waals surface area contributed by atoms with Crippen LogP contribution in [0.25, 0.3) is 0 Å². The molecule has 2 fully saturated rings. The lowest BCUT2D eigenvalue weighted by Crippen LogP contribution is -2.57. The molecule has 1 saturated heterocycles. The molecule has 1 aliphatic heterocycles. The summed E-state index contributed by atoms with van der Waals surface area (Å²) in [7, 11) is 0. The largest absolute Gasteiger partial charge is 0.396 e. The Bertz CT molecular complexity index is 216. The monoisotopic (exact) mass is 253 g/mol. The van der Waals surface area contributed by atoms with Crippen molar-refractivity contribution in [2.45, 2.75) is 64.7 Å². The second-order valence-corrected chi connectivity index (χ2v) is 6.75. The summed E-state index contributed by atoms with van der Waals surface area (Å²) in [6, 6.07) is 0. The van der Waals surface area contributed by atoms with Crippen LogP contribution in [0.2, 0.25) is 0 Å². The minimum absolute atomic E-state index is 0.365. The van der Waals surface area contributed by atoms with E-state index in [0.29, 0.717) is 12.0 Å². The van der Waals surface area contributed by atoms with Crippen molar-refractivity contribution in [1.82, 2.24) is 4.90 Å². The first-order valence-electron chi connectivity index (χ1n) is 8.11. The fraction of sp³-hybridized carbons (Fsp3) is 1.00. The molecule has 0 bridgehead atoms. The number of hydrogen-bond acceptors (Lipinski definition) is 2. The predicted molar refractivity (Wildman–Crippen MR) is 76.7 cm³/mol. The van der Waals surface area contributed by atoms with Crippen LogP contribution >= 0.6 is 0 Å². The highest BCUT2D eigenvalue weighted by Crippen LogP contribution is 2.43. The molecule has 2 heteroatoms. The first-order chi connectivity index (χ1) is 8.78. The average Bonchev–Trinajstić information content (AvgIpc) is 2.55. The Morgan fingerprint density at radius 1 is 1.06 bits per heavy atom. The third-order valence-electron chi connectivity index (χ3n) is 5.03. The van der Waals surface area contributed by atoms with Gasteiger partial charge in [0.2, 0.25) is 0 Å². The third-order valence-corrected chi connectivity index (χ3v) is 5.03. The van der Waals surface area contributed by atoms with Crippen molar-refractivity contribution in [3.05, 3.63) is 0 Å². The molecule has 2 rings (SSSR count). The van der Waals surface area contributed by atoms with Crippen LogP contribution in [0, 0.1) is 11.3 Å². The normalized spacial score (nSPS) is 25.7. The van der Waals surface area contributed by atoms with Gasteiger partial charge in [0.15, 0.2) is 0 Å². The Morgan fingerprint density at radius 2 is 1.72 bits per heavy atom. The zero-order valence-electron chi connectivity index (χ0n) is 12.2. The summed E-state index contributed by atoms with van der Waals surface area (Å²) < 4.78 is 0. The number of aliphatic hydroxyl groups is 1. The first kappa shape index (κ1) is 14.3. The Kier molecular flexibility index (Phi) is 5.50. The van der Waals surface area contributed by atoms with E-state index in [-0.39, 0.29) is 0 Å². The van der Waals surface area contributed by atoms with Crippen molar-refractivity contribution in [1.29, 1.82) is 0 Å². The molecule has 0 aromatic heterocycles. The maximum absolute atomic E-state index is 9.13. The Balaban J connectivity index is 1.73. The van der Waals surface area contributed by atoms with Gasteiger partial charge in [-0.3, -0.25) is 0 Å². The van der Waals surface area contributed by atoms with Gasteiger partial charge < -0.3 is 10.0 Å². The summed E-state index contributed by atoms with van der Waals surface area (Å²) in [6.07, 6.45) is 12.3. The van der Waals surface area contributed by atoms with Crippen molar-refractivity contribution >= 4 is 0 Å². The van der Waals surface area contributed by atoms with E-state index in [0.717, 1.165) is 12.3 Å². The second kappa shape index (κ2) is 6.91. The molecule has 1 saturated carbocycles. The van der Waals surface area contributed by atoms with E-state index in [4.69, 9.17) is 5.11 Å². The van der Waals surface area contributed by atoms with Gasteiger partial charge in [-0.25, -0.2) is 0 Å². The Morgan fingerprint density at radius 3 is 2.28 bits per heavy atom. The standard InChI is InChI=1S/C16H31NO/c1-2-7-15(8-11-18)12-17-13-16(14-17)9-5-3-4-6-10-16/h15,18H,2-14H2,1H3. The second-order valence-electron chi connectivity index (χ2n) is 6.75. The van der Waals surface area contributed by atoms with Crippen LogP contribution in [0.15, 0.2) is 0 Å². The van der Waals surface area contributed by atoms with Gasteiger partial charge in [0.05, 0.1) is 0 Å². The van der Waals surface area contributed by atoms with E-state index in [9.17, 15) is 0 Å². The summed E-state index contributed by atoms with van der Waals surface area (Å²) >= 11 is 0. The van der Waals surface area contributed by atoms with Gasteiger partial charge in [0, 0.05) is 26.2 Å². The number of rotatable bonds is 6. The van der Waals surface area contributed by atoms with Crippen molar-refractivity contribution in [3.63, 3.8) is 0 Å². The maximum atomic E-state index is 9.13. The molecule has 1 atom stereocenters. The zero-order valence-corrected chi connectivity index (χ0v) is 12.2. The number of likely N-dealkylation sites (tertiary alicyclic amines) is 1. The third kappa shape index (κ3) is 3.71. The van der Waals surface area contributed by atoms with Gasteiger partial charge in [-0.15, -0.1) is 0 Å². The average molecular weight is 253 g/mol. The van der Waals surface area contributed by atoms with E-state index < -0.39 is 0 Å². The minimum atomic E-state index is 0.365. The van der Waals surface area contributed by atoms with Crippen LogP contribution in [0.5, 0.6) is 0 Å². The maximum Gasteiger partial charge on any atom is 0.0434 e. The van der Waals surface area contributed by atoms with E-state index >= 15 is 0 Å². The lowest BCUT2D eigenvalue weighted by Gasteiger charge is -2.51. The van der Waals surface area contributed by atoms with Crippen molar-refractivity contribution < 1.29 is 5.11 Å². The molecule has 1 spiro atoms. The fourth-order valence-electron chi connectivity index (χ4n) is 4.11. The van der Waals surface area contributed by atoms with Crippen molar-refractivity contribution in [2.24, 2.45) is 11.3 Å². The first-order valence-corrected chi connectivity index (χ1v) is 8.11. The highest BCUT2D eigenvalue weighted by molar-refractivity contribution is 4.96. The predicted octanol–water partition coefficient (Wildman–Crippen LogP) is 3.44. The van der Waals surface area contributed by atoms with Gasteiger partial charge in [-0.2, -0.15) is 0 Å². The molecule has 106 valence electrons. The van der Waals surface area contributed by atoms with Crippen LogP contribution in [-0.2, 0) is 0 Å². The molecule has 0 aromatic carbocycles. The lowest BCUT2D eigenvalue weighted by molar-refractivity contribution is -0.0240. The summed E-state index contributed by atoms with van der Waals surface area (Å²) in [4.78, 5) is 2.65. The van der Waals surface area contributed by atoms with E-state index in [2.05, 4.69) is 11.8 Å². The number of hydrogen-bond donors (Lipinski definition) is 1. The fourth-order valence-corrected chi connectivity index (χ4v) is 4.11. The van der Waals surface area contributed by atoms with Crippen LogP contribution in [-0.4, -0.2) is 36.2 Å². The summed E-state index contributed by atoms with van der Waals surface area (Å²) in [6.45, 7) is 6.55. The zero-order chi connectivity index (χ0) is 12.8. The Labute approximate surface area is 113 Å². The summed E-state index contributed by atoms with van der Waals surface area (Å²) in [5.41, 5.74) is 0.701. The van der Waals surface area contributed by atoms with Gasteiger partial charge in [-0.1, -0.05) is 39.0 Å². The molecule has 2 aliphatic rings. The minimum Gasteiger partial charge on any atom is -0.396 e. The molecule has 1 aliphatic carbocycles. The van der Waals surface area contributed by atoms with E-state index in [1.807, 2.05) is 0 Å². The number of aliphatic hydroxyl groups excluding tert-OH is 1. The smallest absolute Gasteiger partial charge is 0.0434 e. The topological polar surface area (TPSA) is 23.5 Å². The lowest BCUT2D eigenvalue weighted by atomic mass is 9.73. The van der Waals surface area contributed by atoms with Crippen LogP contribution < -0.4 is 0 Å². The molecule has 0 radical (unpaired) electrons. The molecule has 1 heterocycles. The molecule has 18 heavy (non-hydrogen) atoms. The molecular weight excluding hydrogens is 222 g/mol. The molecular formula is C16H31NO. The molecule has 0 aromatic rings. The van der Waals surface area contributed by atoms with Gasteiger partial charge in [0.1, 0.15) is 0 Å². The van der Waals surface area contributed by atoms with Crippen molar-refractivity contribution in [2.75, 3.05) is 26.2 Å². The van der Waals surface area contributed by atoms with Gasteiger partial charge in [-0.05, 0) is 37.0 Å². The van der Waals surface area contributed by atoms with Crippen LogP contribution in [0.1, 0.15) is 64.7 Å². The quantitative estimate of drug-likeness (QED) is 0.784. The summed E-state index contributed by atoms with van der Waals surface area (Å²) in [5, 5.41) is 9.13. The molecule has 1 unspecified atom stereocenters. The van der Waals surface area contributed by atoms with Crippen LogP contribution in [0.4, 0.5) is 0 Å². The SMILES string of the molecule is CCCC(CCO)CN1CC2(CCCCCC2)C1.